The first-order valence-corrected chi connectivity index (χ1v) is 17.0. The normalized spacial score (nSPS) is 22.2. The topological polar surface area (TPSA) is 99.7 Å². The average molecular weight is 565 g/mol. The van der Waals surface area contributed by atoms with E-state index in [0.29, 0.717) is 50.1 Å². The van der Waals surface area contributed by atoms with Gasteiger partial charge >= 0.3 is 11.9 Å². The van der Waals surface area contributed by atoms with Crippen LogP contribution in [0.25, 0.3) is 0 Å². The van der Waals surface area contributed by atoms with E-state index in [0.717, 1.165) is 38.5 Å². The van der Waals surface area contributed by atoms with Gasteiger partial charge in [-0.05, 0) is 51.4 Å². The van der Waals surface area contributed by atoms with Crippen LogP contribution >= 0.6 is 0 Å². The first kappa shape index (κ1) is 34.8. The van der Waals surface area contributed by atoms with Crippen LogP contribution in [0.1, 0.15) is 168 Å². The minimum atomic E-state index is -1.09. The smallest absolute Gasteiger partial charge is 0.332 e. The van der Waals surface area contributed by atoms with Gasteiger partial charge < -0.3 is 19.7 Å². The van der Waals surface area contributed by atoms with E-state index in [1.807, 2.05) is 0 Å². The predicted molar refractivity (Wildman–Crippen MR) is 162 cm³/mol. The summed E-state index contributed by atoms with van der Waals surface area (Å²) in [5.41, 5.74) is 0.173. The highest BCUT2D eigenvalue weighted by atomic mass is 16.6. The molecular weight excluding hydrogens is 504 g/mol. The van der Waals surface area contributed by atoms with E-state index in [-0.39, 0.29) is 11.1 Å². The molecule has 4 unspecified atom stereocenters. The molecule has 6 nitrogen and oxygen atoms in total. The van der Waals surface area contributed by atoms with Gasteiger partial charge in [-0.1, -0.05) is 117 Å². The fourth-order valence-corrected chi connectivity index (χ4v) is 6.05. The number of hydrogen-bond acceptors (Lipinski definition) is 4. The molecule has 0 radical (unpaired) electrons. The molecule has 2 aliphatic rings. The van der Waals surface area contributed by atoms with Crippen LogP contribution in [0.2, 0.25) is 0 Å². The van der Waals surface area contributed by atoms with Crippen LogP contribution in [0, 0.1) is 0 Å². The molecule has 2 fully saturated rings. The summed E-state index contributed by atoms with van der Waals surface area (Å²) in [4.78, 5) is 23.8. The molecule has 0 aromatic heterocycles. The van der Waals surface area contributed by atoms with Gasteiger partial charge in [0.2, 0.25) is 0 Å². The van der Waals surface area contributed by atoms with Crippen LogP contribution in [0.5, 0.6) is 0 Å². The molecule has 0 saturated carbocycles. The molecule has 0 aromatic carbocycles. The number of epoxide rings is 2. The van der Waals surface area contributed by atoms with E-state index >= 15 is 0 Å². The van der Waals surface area contributed by atoms with E-state index < -0.39 is 11.9 Å². The van der Waals surface area contributed by atoms with Crippen LogP contribution in [0.15, 0.2) is 11.1 Å². The summed E-state index contributed by atoms with van der Waals surface area (Å²) in [5, 5.41) is 19.5. The van der Waals surface area contributed by atoms with Gasteiger partial charge in [-0.3, -0.25) is 0 Å². The molecule has 2 saturated heterocycles. The Morgan fingerprint density at radius 2 is 0.725 bits per heavy atom. The summed E-state index contributed by atoms with van der Waals surface area (Å²) in [6, 6.07) is 0. The number of ether oxygens (including phenoxy) is 2. The molecule has 2 rings (SSSR count). The maximum absolute atomic E-state index is 11.9. The molecule has 6 heteroatoms. The first-order chi connectivity index (χ1) is 19.5. The van der Waals surface area contributed by atoms with Gasteiger partial charge in [-0.2, -0.15) is 0 Å². The van der Waals surface area contributed by atoms with E-state index in [1.165, 1.54) is 89.9 Å². The Balaban J connectivity index is 1.55. The lowest BCUT2D eigenvalue weighted by atomic mass is 9.96. The number of rotatable bonds is 28. The van der Waals surface area contributed by atoms with Crippen LogP contribution < -0.4 is 0 Å². The molecule has 2 heterocycles. The van der Waals surface area contributed by atoms with Crippen LogP contribution in [0.4, 0.5) is 0 Å². The average Bonchev–Trinajstić information content (AvgIpc) is 3.85. The Hall–Kier alpha value is -1.40. The Bertz CT molecular complexity index is 672. The highest BCUT2D eigenvalue weighted by Crippen LogP contribution is 2.33. The summed E-state index contributed by atoms with van der Waals surface area (Å²) in [7, 11) is 0. The number of aliphatic carboxylic acids is 2. The molecule has 0 amide bonds. The molecular formula is C34H60O6. The molecule has 0 aromatic rings. The molecule has 0 bridgehead atoms. The summed E-state index contributed by atoms with van der Waals surface area (Å²) < 4.78 is 11.6. The van der Waals surface area contributed by atoms with E-state index in [2.05, 4.69) is 13.8 Å². The van der Waals surface area contributed by atoms with Crippen molar-refractivity contribution >= 4 is 11.9 Å². The third-order valence-corrected chi connectivity index (χ3v) is 8.77. The number of unbranched alkanes of at least 4 members (excludes halogenated alkanes) is 14. The minimum absolute atomic E-state index is 0.0864. The second-order valence-electron chi connectivity index (χ2n) is 12.3. The van der Waals surface area contributed by atoms with E-state index in [4.69, 9.17) is 9.47 Å². The fourth-order valence-electron chi connectivity index (χ4n) is 6.05. The summed E-state index contributed by atoms with van der Waals surface area (Å²) in [6.07, 6.45) is 27.6. The summed E-state index contributed by atoms with van der Waals surface area (Å²) >= 11 is 0. The van der Waals surface area contributed by atoms with Crippen molar-refractivity contribution in [1.29, 1.82) is 0 Å². The van der Waals surface area contributed by atoms with Gasteiger partial charge in [0.15, 0.2) is 0 Å². The lowest BCUT2D eigenvalue weighted by Gasteiger charge is -2.09. The zero-order valence-electron chi connectivity index (χ0n) is 25.8. The van der Waals surface area contributed by atoms with Crippen molar-refractivity contribution in [3.05, 3.63) is 11.1 Å². The molecule has 40 heavy (non-hydrogen) atoms. The zero-order chi connectivity index (χ0) is 29.0. The quantitative estimate of drug-likeness (QED) is 0.0558. The van der Waals surface area contributed by atoms with Crippen LogP contribution in [-0.4, -0.2) is 46.6 Å². The van der Waals surface area contributed by atoms with Crippen molar-refractivity contribution in [2.75, 3.05) is 0 Å². The monoisotopic (exact) mass is 564 g/mol. The lowest BCUT2D eigenvalue weighted by Crippen LogP contribution is -2.12. The molecule has 232 valence electrons. The highest BCUT2D eigenvalue weighted by Gasteiger charge is 2.37. The molecule has 0 spiro atoms. The van der Waals surface area contributed by atoms with Crippen molar-refractivity contribution in [2.45, 2.75) is 192 Å². The number of carboxylic acid groups (broad SMARTS) is 2. The van der Waals surface area contributed by atoms with E-state index in [9.17, 15) is 19.8 Å². The second kappa shape index (κ2) is 21.3. The van der Waals surface area contributed by atoms with Gasteiger partial charge in [-0.15, -0.1) is 0 Å². The molecule has 0 aliphatic carbocycles. The maximum atomic E-state index is 11.9. The Morgan fingerprint density at radius 1 is 0.450 bits per heavy atom. The zero-order valence-corrected chi connectivity index (χ0v) is 25.8. The standard InChI is InChI=1S/C34H60O6/c1-3-5-7-9-11-13-15-23-29-31(39-29)25-19-17-21-27(33(35)36)28(34(37)38)22-18-20-26-32-30(40-32)24-16-14-12-10-8-6-4-2/h29-32H,3-26H2,1-2H3,(H,35,36)(H,37,38). The van der Waals surface area contributed by atoms with Gasteiger partial charge in [0, 0.05) is 11.1 Å². The van der Waals surface area contributed by atoms with Gasteiger partial charge in [0.1, 0.15) is 0 Å². The number of hydrogen-bond donors (Lipinski definition) is 2. The Labute approximate surface area is 244 Å². The molecule has 2 N–H and O–H groups in total. The SMILES string of the molecule is CCCCCCCCCC1OC1CCCCC(C(=O)O)=C(CCCCC1OC1CCCCCCCCC)C(=O)O. The van der Waals surface area contributed by atoms with E-state index in [1.54, 1.807) is 0 Å². The van der Waals surface area contributed by atoms with Crippen molar-refractivity contribution in [2.24, 2.45) is 0 Å². The second-order valence-corrected chi connectivity index (χ2v) is 12.3. The van der Waals surface area contributed by atoms with Crippen LogP contribution in [-0.2, 0) is 19.1 Å². The third-order valence-electron chi connectivity index (χ3n) is 8.77. The highest BCUT2D eigenvalue weighted by molar-refractivity contribution is 5.98. The maximum Gasteiger partial charge on any atom is 0.332 e. The van der Waals surface area contributed by atoms with Crippen molar-refractivity contribution < 1.29 is 29.3 Å². The Morgan fingerprint density at radius 3 is 1.02 bits per heavy atom. The minimum Gasteiger partial charge on any atom is -0.478 e. The molecule has 2 aliphatic heterocycles. The fraction of sp³-hybridized carbons (Fsp3) is 0.882. The summed E-state index contributed by atoms with van der Waals surface area (Å²) in [5.74, 6) is -2.17. The number of carbonyl (C=O) groups is 2. The first-order valence-electron chi connectivity index (χ1n) is 17.0. The van der Waals surface area contributed by atoms with Crippen LogP contribution in [0.3, 0.4) is 0 Å². The van der Waals surface area contributed by atoms with Gasteiger partial charge in [-0.25, -0.2) is 9.59 Å². The third kappa shape index (κ3) is 15.6. The summed E-state index contributed by atoms with van der Waals surface area (Å²) in [6.45, 7) is 4.49. The molecule has 4 atom stereocenters. The Kier molecular flexibility index (Phi) is 18.6. The largest absolute Gasteiger partial charge is 0.478 e. The van der Waals surface area contributed by atoms with Crippen molar-refractivity contribution in [3.63, 3.8) is 0 Å². The van der Waals surface area contributed by atoms with Gasteiger partial charge in [0.25, 0.3) is 0 Å². The van der Waals surface area contributed by atoms with Crippen molar-refractivity contribution in [3.8, 4) is 0 Å². The van der Waals surface area contributed by atoms with Gasteiger partial charge in [0.05, 0.1) is 24.4 Å². The van der Waals surface area contributed by atoms with Crippen molar-refractivity contribution in [1.82, 2.24) is 0 Å². The predicted octanol–water partition coefficient (Wildman–Crippen LogP) is 9.39. The number of carboxylic acids is 2. The lowest BCUT2D eigenvalue weighted by molar-refractivity contribution is -0.136.